The number of aliphatic hydroxyl groups excluding tert-OH is 1. The van der Waals surface area contributed by atoms with E-state index in [2.05, 4.69) is 0 Å². The molecule has 2 nitrogen and oxygen atoms in total. The summed E-state index contributed by atoms with van der Waals surface area (Å²) >= 11 is 0. The molecule has 0 heterocycles. The minimum absolute atomic E-state index is 0.164. The smallest absolute Gasteiger partial charge is 0.0555 e. The predicted octanol–water partition coefficient (Wildman–Crippen LogP) is 1.13. The molecular weight excluding hydrogens is 126 g/mol. The molecule has 0 radical (unpaired) electrons. The Labute approximate surface area is 63.4 Å². The van der Waals surface area contributed by atoms with Crippen LogP contribution in [0.3, 0.4) is 0 Å². The summed E-state index contributed by atoms with van der Waals surface area (Å²) in [6, 6.07) is 0. The Bertz CT molecular complexity index is 99.4. The van der Waals surface area contributed by atoms with Gasteiger partial charge in [0.25, 0.3) is 0 Å². The lowest BCUT2D eigenvalue weighted by Gasteiger charge is -2.32. The molecule has 0 rings (SSSR count). The zero-order chi connectivity index (χ0) is 8.36. The number of hydrogen-bond donors (Lipinski definition) is 2. The van der Waals surface area contributed by atoms with Crippen molar-refractivity contribution in [3.05, 3.63) is 0 Å². The van der Waals surface area contributed by atoms with Gasteiger partial charge in [0.2, 0.25) is 0 Å². The van der Waals surface area contributed by atoms with Gasteiger partial charge in [-0.2, -0.15) is 0 Å². The highest BCUT2D eigenvalue weighted by molar-refractivity contribution is 4.85. The molecule has 0 saturated heterocycles. The molecule has 3 unspecified atom stereocenters. The first-order valence-electron chi connectivity index (χ1n) is 3.88. The fraction of sp³-hybridized carbons (Fsp3) is 1.00. The summed E-state index contributed by atoms with van der Waals surface area (Å²) in [5, 5.41) is 9.21. The molecular formula is C8H19NO. The summed E-state index contributed by atoms with van der Waals surface area (Å²) in [7, 11) is 0. The van der Waals surface area contributed by atoms with Gasteiger partial charge in [-0.1, -0.05) is 13.8 Å². The molecule has 62 valence electrons. The van der Waals surface area contributed by atoms with Crippen LogP contribution in [-0.4, -0.2) is 16.7 Å². The van der Waals surface area contributed by atoms with Crippen molar-refractivity contribution in [2.75, 3.05) is 0 Å². The molecule has 0 aliphatic carbocycles. The maximum Gasteiger partial charge on any atom is 0.0555 e. The van der Waals surface area contributed by atoms with Crippen molar-refractivity contribution in [2.24, 2.45) is 11.7 Å². The maximum absolute atomic E-state index is 9.21. The average molecular weight is 145 g/mol. The van der Waals surface area contributed by atoms with Gasteiger partial charge in [0.15, 0.2) is 0 Å². The summed E-state index contributed by atoms with van der Waals surface area (Å²) in [5.41, 5.74) is 5.67. The molecule has 0 aromatic heterocycles. The van der Waals surface area contributed by atoms with Crippen LogP contribution >= 0.6 is 0 Å². The molecule has 0 amide bonds. The first-order chi connectivity index (χ1) is 4.41. The lowest BCUT2D eigenvalue weighted by molar-refractivity contribution is 0.0882. The van der Waals surface area contributed by atoms with Crippen LogP contribution in [0.2, 0.25) is 0 Å². The molecule has 0 aliphatic heterocycles. The van der Waals surface area contributed by atoms with Gasteiger partial charge in [0.05, 0.1) is 6.10 Å². The fourth-order valence-corrected chi connectivity index (χ4v) is 0.873. The van der Waals surface area contributed by atoms with Gasteiger partial charge >= 0.3 is 0 Å². The van der Waals surface area contributed by atoms with E-state index in [-0.39, 0.29) is 17.6 Å². The quantitative estimate of drug-likeness (QED) is 0.625. The minimum Gasteiger partial charge on any atom is -0.393 e. The van der Waals surface area contributed by atoms with E-state index in [4.69, 9.17) is 5.73 Å². The third-order valence-electron chi connectivity index (χ3n) is 2.53. The van der Waals surface area contributed by atoms with Crippen molar-refractivity contribution in [1.29, 1.82) is 0 Å². The van der Waals surface area contributed by atoms with Crippen LogP contribution < -0.4 is 5.73 Å². The van der Waals surface area contributed by atoms with Crippen LogP contribution in [0.1, 0.15) is 34.1 Å². The van der Waals surface area contributed by atoms with Crippen molar-refractivity contribution in [3.8, 4) is 0 Å². The second-order valence-electron chi connectivity index (χ2n) is 3.39. The Morgan fingerprint density at radius 3 is 2.00 bits per heavy atom. The van der Waals surface area contributed by atoms with Crippen LogP contribution in [0.25, 0.3) is 0 Å². The van der Waals surface area contributed by atoms with Gasteiger partial charge in [-0.25, -0.2) is 0 Å². The monoisotopic (exact) mass is 145 g/mol. The summed E-state index contributed by atoms with van der Waals surface area (Å²) in [4.78, 5) is 0. The van der Waals surface area contributed by atoms with Gasteiger partial charge in [-0.3, -0.25) is 0 Å². The molecule has 0 aromatic carbocycles. The van der Waals surface area contributed by atoms with Crippen molar-refractivity contribution in [2.45, 2.75) is 45.8 Å². The SMILES string of the molecule is CCC(C)(N)C(C)C(C)O. The standard InChI is InChI=1S/C8H19NO/c1-5-8(4,9)6(2)7(3)10/h6-7,10H,5,9H2,1-4H3. The minimum atomic E-state index is -0.310. The highest BCUT2D eigenvalue weighted by Crippen LogP contribution is 2.20. The van der Waals surface area contributed by atoms with Crippen LogP contribution in [0, 0.1) is 5.92 Å². The van der Waals surface area contributed by atoms with Gasteiger partial charge in [-0.15, -0.1) is 0 Å². The van der Waals surface area contributed by atoms with Gasteiger partial charge in [-0.05, 0) is 26.2 Å². The Morgan fingerprint density at radius 2 is 1.90 bits per heavy atom. The normalized spacial score (nSPS) is 23.4. The summed E-state index contributed by atoms with van der Waals surface area (Å²) in [5.74, 6) is 0.164. The van der Waals surface area contributed by atoms with Gasteiger partial charge in [0, 0.05) is 5.54 Å². The van der Waals surface area contributed by atoms with Crippen molar-refractivity contribution >= 4 is 0 Å². The third kappa shape index (κ3) is 2.27. The largest absolute Gasteiger partial charge is 0.393 e. The van der Waals surface area contributed by atoms with E-state index in [1.54, 1.807) is 6.92 Å². The van der Waals surface area contributed by atoms with Gasteiger partial charge in [0.1, 0.15) is 0 Å². The molecule has 3 N–H and O–H groups in total. The molecule has 3 atom stereocenters. The Balaban J connectivity index is 4.03. The van der Waals surface area contributed by atoms with Gasteiger partial charge < -0.3 is 10.8 Å². The highest BCUT2D eigenvalue weighted by atomic mass is 16.3. The van der Waals surface area contributed by atoms with Crippen LogP contribution in [0.15, 0.2) is 0 Å². The number of rotatable bonds is 3. The summed E-state index contributed by atoms with van der Waals surface area (Å²) in [6.45, 7) is 7.78. The molecule has 2 heteroatoms. The van der Waals surface area contributed by atoms with Crippen molar-refractivity contribution in [1.82, 2.24) is 0 Å². The number of hydrogen-bond acceptors (Lipinski definition) is 2. The third-order valence-corrected chi connectivity index (χ3v) is 2.53. The van der Waals surface area contributed by atoms with Crippen LogP contribution in [-0.2, 0) is 0 Å². The lowest BCUT2D eigenvalue weighted by Crippen LogP contribution is -2.46. The van der Waals surface area contributed by atoms with Crippen LogP contribution in [0.5, 0.6) is 0 Å². The average Bonchev–Trinajstić information content (AvgIpc) is 1.86. The van der Waals surface area contributed by atoms with E-state index in [1.807, 2.05) is 20.8 Å². The van der Waals surface area contributed by atoms with Crippen LogP contribution in [0.4, 0.5) is 0 Å². The second-order valence-corrected chi connectivity index (χ2v) is 3.39. The zero-order valence-corrected chi connectivity index (χ0v) is 7.39. The van der Waals surface area contributed by atoms with E-state index >= 15 is 0 Å². The molecule has 0 aliphatic rings. The summed E-state index contributed by atoms with van der Waals surface area (Å²) in [6.07, 6.45) is 0.592. The topological polar surface area (TPSA) is 46.2 Å². The van der Waals surface area contributed by atoms with Crippen molar-refractivity contribution < 1.29 is 5.11 Å². The molecule has 0 bridgehead atoms. The second kappa shape index (κ2) is 3.35. The van der Waals surface area contributed by atoms with E-state index in [9.17, 15) is 5.11 Å². The Hall–Kier alpha value is -0.0800. The van der Waals surface area contributed by atoms with E-state index < -0.39 is 0 Å². The Morgan fingerprint density at radius 1 is 1.50 bits per heavy atom. The molecule has 0 fully saturated rings. The van der Waals surface area contributed by atoms with E-state index in [0.717, 1.165) is 6.42 Å². The first kappa shape index (κ1) is 9.92. The lowest BCUT2D eigenvalue weighted by atomic mass is 9.82. The molecule has 0 saturated carbocycles. The fourth-order valence-electron chi connectivity index (χ4n) is 0.873. The Kier molecular flexibility index (Phi) is 3.33. The van der Waals surface area contributed by atoms with E-state index in [1.165, 1.54) is 0 Å². The summed E-state index contributed by atoms with van der Waals surface area (Å²) < 4.78 is 0. The highest BCUT2D eigenvalue weighted by Gasteiger charge is 2.27. The number of aliphatic hydroxyl groups is 1. The number of nitrogens with two attached hydrogens (primary N) is 1. The predicted molar refractivity (Wildman–Crippen MR) is 43.7 cm³/mol. The van der Waals surface area contributed by atoms with Crippen molar-refractivity contribution in [3.63, 3.8) is 0 Å². The molecule has 0 aromatic rings. The first-order valence-corrected chi connectivity index (χ1v) is 3.88. The van der Waals surface area contributed by atoms with E-state index in [0.29, 0.717) is 0 Å². The maximum atomic E-state index is 9.21. The molecule has 0 spiro atoms. The molecule has 10 heavy (non-hydrogen) atoms. The zero-order valence-electron chi connectivity index (χ0n) is 7.39.